The van der Waals surface area contributed by atoms with Gasteiger partial charge in [0.1, 0.15) is 11.3 Å². The largest absolute Gasteiger partial charge is 0.460 e. The Bertz CT molecular complexity index is 2740. The van der Waals surface area contributed by atoms with Crippen LogP contribution in [0.1, 0.15) is 11.3 Å². The van der Waals surface area contributed by atoms with Gasteiger partial charge in [-0.2, -0.15) is 0 Å². The second-order valence-electron chi connectivity index (χ2n) is 14.0. The fraction of sp³-hybridized carbons (Fsp3) is 0.0385. The third-order valence-electron chi connectivity index (χ3n) is 10.8. The van der Waals surface area contributed by atoms with Crippen molar-refractivity contribution < 1.29 is 4.42 Å². The lowest BCUT2D eigenvalue weighted by molar-refractivity contribution is 0.546. The zero-order valence-electron chi connectivity index (χ0n) is 29.8. The number of fused-ring (bicyclic) bond motifs is 5. The van der Waals surface area contributed by atoms with Gasteiger partial charge in [-0.05, 0) is 111 Å². The Hall–Kier alpha value is -6.90. The molecule has 2 heteroatoms. The number of aryl methyl sites for hydroxylation is 2. The summed E-state index contributed by atoms with van der Waals surface area (Å²) in [6.45, 7) is 0. The van der Waals surface area contributed by atoms with Crippen molar-refractivity contribution in [3.63, 3.8) is 0 Å². The van der Waals surface area contributed by atoms with Crippen LogP contribution in [0.2, 0.25) is 0 Å². The predicted molar refractivity (Wildman–Crippen MR) is 225 cm³/mol. The molecule has 0 saturated heterocycles. The van der Waals surface area contributed by atoms with Crippen LogP contribution in [-0.2, 0) is 12.8 Å². The van der Waals surface area contributed by atoms with Gasteiger partial charge < -0.3 is 9.32 Å². The van der Waals surface area contributed by atoms with Crippen LogP contribution in [0.25, 0.3) is 66.6 Å². The van der Waals surface area contributed by atoms with Crippen molar-refractivity contribution in [1.29, 1.82) is 0 Å². The summed E-state index contributed by atoms with van der Waals surface area (Å²) in [5, 5.41) is 1.20. The smallest absolute Gasteiger partial charge is 0.134 e. The van der Waals surface area contributed by atoms with Crippen LogP contribution in [0.4, 0.5) is 17.1 Å². The molecule has 0 saturated carbocycles. The molecule has 1 heterocycles. The maximum absolute atomic E-state index is 6.31. The predicted octanol–water partition coefficient (Wildman–Crippen LogP) is 14.3. The number of furan rings is 1. The number of para-hydroxylation sites is 1. The van der Waals surface area contributed by atoms with E-state index in [0.717, 1.165) is 41.2 Å². The Balaban J connectivity index is 1.04. The molecule has 9 aromatic rings. The second-order valence-corrected chi connectivity index (χ2v) is 14.0. The van der Waals surface area contributed by atoms with E-state index in [0.29, 0.717) is 0 Å². The van der Waals surface area contributed by atoms with Gasteiger partial charge in [-0.15, -0.1) is 0 Å². The number of rotatable bonds is 7. The monoisotopic (exact) mass is 691 g/mol. The Morgan fingerprint density at radius 2 is 0.889 bits per heavy atom. The van der Waals surface area contributed by atoms with E-state index in [-0.39, 0.29) is 0 Å². The van der Waals surface area contributed by atoms with E-state index in [1.807, 2.05) is 0 Å². The van der Waals surface area contributed by atoms with Gasteiger partial charge in [-0.25, -0.2) is 0 Å². The number of hydrogen-bond donors (Lipinski definition) is 0. The first kappa shape index (κ1) is 31.8. The van der Waals surface area contributed by atoms with E-state index in [4.69, 9.17) is 4.42 Å². The van der Waals surface area contributed by atoms with E-state index in [2.05, 4.69) is 205 Å². The van der Waals surface area contributed by atoms with E-state index >= 15 is 0 Å². The topological polar surface area (TPSA) is 16.4 Å². The summed E-state index contributed by atoms with van der Waals surface area (Å²) in [5.41, 5.74) is 17.8. The zero-order valence-corrected chi connectivity index (χ0v) is 29.8. The van der Waals surface area contributed by atoms with Crippen LogP contribution in [0, 0.1) is 0 Å². The average molecular weight is 692 g/mol. The highest BCUT2D eigenvalue weighted by molar-refractivity contribution is 5.98. The first-order valence-corrected chi connectivity index (χ1v) is 18.7. The molecular weight excluding hydrogens is 655 g/mol. The number of nitrogens with zero attached hydrogens (tertiary/aromatic N) is 1. The molecular formula is C52H37NO. The minimum Gasteiger partial charge on any atom is -0.460 e. The van der Waals surface area contributed by atoms with Gasteiger partial charge in [0.15, 0.2) is 0 Å². The van der Waals surface area contributed by atoms with Crippen LogP contribution < -0.4 is 4.90 Å². The number of anilines is 3. The van der Waals surface area contributed by atoms with Gasteiger partial charge in [0.2, 0.25) is 0 Å². The lowest BCUT2D eigenvalue weighted by atomic mass is 9.86. The van der Waals surface area contributed by atoms with Crippen molar-refractivity contribution in [3.05, 3.63) is 212 Å². The second kappa shape index (κ2) is 13.6. The summed E-state index contributed by atoms with van der Waals surface area (Å²) in [7, 11) is 0. The van der Waals surface area contributed by atoms with E-state index in [1.165, 1.54) is 66.6 Å². The molecule has 0 atom stereocenters. The highest BCUT2D eigenvalue weighted by atomic mass is 16.3. The summed E-state index contributed by atoms with van der Waals surface area (Å²) >= 11 is 0. The molecule has 0 spiro atoms. The van der Waals surface area contributed by atoms with Crippen LogP contribution in [0.15, 0.2) is 205 Å². The molecule has 2 nitrogen and oxygen atoms in total. The third-order valence-corrected chi connectivity index (χ3v) is 10.8. The molecule has 0 aliphatic heterocycles. The minimum absolute atomic E-state index is 0.937. The van der Waals surface area contributed by atoms with Crippen molar-refractivity contribution in [2.24, 2.45) is 0 Å². The van der Waals surface area contributed by atoms with Gasteiger partial charge in [0, 0.05) is 34.4 Å². The fourth-order valence-corrected chi connectivity index (χ4v) is 8.12. The molecule has 1 aliphatic carbocycles. The van der Waals surface area contributed by atoms with Crippen molar-refractivity contribution in [1.82, 2.24) is 0 Å². The molecule has 0 fully saturated rings. The van der Waals surface area contributed by atoms with Gasteiger partial charge in [-0.3, -0.25) is 0 Å². The normalized spacial score (nSPS) is 11.9. The highest BCUT2D eigenvalue weighted by Crippen LogP contribution is 2.43. The lowest BCUT2D eigenvalue weighted by Crippen LogP contribution is -2.10. The molecule has 54 heavy (non-hydrogen) atoms. The Morgan fingerprint density at radius 1 is 0.352 bits per heavy atom. The lowest BCUT2D eigenvalue weighted by Gasteiger charge is -2.26. The SMILES string of the molecule is c1ccc(-c2cccc(N(c3ccc(-c4ccc5c(c4)-c4c(oc6ccccc46)CC5)cc3)c3ccc(-c4ccccc4-c4ccccc4)cc3)c2)cc1. The summed E-state index contributed by atoms with van der Waals surface area (Å²) < 4.78 is 6.31. The van der Waals surface area contributed by atoms with Crippen LogP contribution in [0.5, 0.6) is 0 Å². The summed E-state index contributed by atoms with van der Waals surface area (Å²) in [6.07, 6.45) is 1.93. The van der Waals surface area contributed by atoms with E-state index < -0.39 is 0 Å². The summed E-state index contributed by atoms with van der Waals surface area (Å²) in [6, 6.07) is 72.1. The van der Waals surface area contributed by atoms with Crippen LogP contribution in [-0.4, -0.2) is 0 Å². The van der Waals surface area contributed by atoms with Crippen LogP contribution in [0.3, 0.4) is 0 Å². The highest BCUT2D eigenvalue weighted by Gasteiger charge is 2.23. The molecule has 10 rings (SSSR count). The molecule has 256 valence electrons. The molecule has 8 aromatic carbocycles. The zero-order chi connectivity index (χ0) is 35.8. The molecule has 0 bridgehead atoms. The molecule has 1 aromatic heterocycles. The van der Waals surface area contributed by atoms with Gasteiger partial charge in [0.25, 0.3) is 0 Å². The van der Waals surface area contributed by atoms with Crippen molar-refractivity contribution in [2.75, 3.05) is 4.90 Å². The molecule has 0 N–H and O–H groups in total. The van der Waals surface area contributed by atoms with E-state index in [9.17, 15) is 0 Å². The molecule has 0 unspecified atom stereocenters. The molecule has 1 aliphatic rings. The first-order valence-electron chi connectivity index (χ1n) is 18.7. The average Bonchev–Trinajstić information content (AvgIpc) is 3.64. The Labute approximate surface area is 316 Å². The van der Waals surface area contributed by atoms with Crippen molar-refractivity contribution in [3.8, 4) is 55.6 Å². The Morgan fingerprint density at radius 3 is 1.61 bits per heavy atom. The number of benzene rings is 8. The maximum atomic E-state index is 6.31. The van der Waals surface area contributed by atoms with Crippen molar-refractivity contribution >= 4 is 28.0 Å². The fourth-order valence-electron chi connectivity index (χ4n) is 8.12. The van der Waals surface area contributed by atoms with Gasteiger partial charge >= 0.3 is 0 Å². The quantitative estimate of drug-likeness (QED) is 0.165. The van der Waals surface area contributed by atoms with E-state index in [1.54, 1.807) is 0 Å². The summed E-state index contributed by atoms with van der Waals surface area (Å²) in [4.78, 5) is 2.36. The van der Waals surface area contributed by atoms with Crippen LogP contribution >= 0.6 is 0 Å². The standard InChI is InChI=1S/C52H37NO/c1-3-12-36(13-4-1)41-16-11-17-45(34-41)53(44-31-26-39(27-32-44)47-19-8-7-18-46(47)38-14-5-2-6-15-38)43-29-24-37(25-30-43)42-23-22-40-28-33-51-52(49(40)35-42)48-20-9-10-21-50(48)54-51/h1-27,29-32,34-35H,28,33H2. The molecule has 0 amide bonds. The summed E-state index contributed by atoms with van der Waals surface area (Å²) in [5.74, 6) is 1.10. The minimum atomic E-state index is 0.937. The van der Waals surface area contributed by atoms with Crippen molar-refractivity contribution in [2.45, 2.75) is 12.8 Å². The van der Waals surface area contributed by atoms with Gasteiger partial charge in [0.05, 0.1) is 0 Å². The molecule has 0 radical (unpaired) electrons. The number of hydrogen-bond acceptors (Lipinski definition) is 2. The first-order chi connectivity index (χ1) is 26.8. The Kier molecular flexibility index (Phi) is 8.00. The third kappa shape index (κ3) is 5.79. The van der Waals surface area contributed by atoms with Gasteiger partial charge in [-0.1, -0.05) is 152 Å². The maximum Gasteiger partial charge on any atom is 0.134 e.